The number of hydrogen-bond donors (Lipinski definition) is 1. The second kappa shape index (κ2) is 4.33. The van der Waals surface area contributed by atoms with Gasteiger partial charge in [0.05, 0.1) is 18.4 Å². The van der Waals surface area contributed by atoms with E-state index in [2.05, 4.69) is 9.55 Å². The van der Waals surface area contributed by atoms with Gasteiger partial charge in [-0.2, -0.15) is 0 Å². The van der Waals surface area contributed by atoms with Gasteiger partial charge in [0.1, 0.15) is 5.82 Å². The summed E-state index contributed by atoms with van der Waals surface area (Å²) in [5, 5.41) is 8.93. The number of aliphatic hydroxyl groups excluding tert-OH is 1. The molecule has 1 heterocycles. The fraction of sp³-hybridized carbons (Fsp3) is 0.727. The van der Waals surface area contributed by atoms with E-state index in [1.165, 1.54) is 5.69 Å². The Balaban J connectivity index is 2.24. The molecule has 1 aliphatic rings. The molecule has 0 amide bonds. The van der Waals surface area contributed by atoms with Gasteiger partial charge < -0.3 is 14.4 Å². The molecule has 0 saturated heterocycles. The first-order valence-corrected chi connectivity index (χ1v) is 5.43. The van der Waals surface area contributed by atoms with E-state index in [4.69, 9.17) is 9.84 Å². The summed E-state index contributed by atoms with van der Waals surface area (Å²) in [6.45, 7) is 0.164. The van der Waals surface area contributed by atoms with Crippen molar-refractivity contribution in [3.05, 3.63) is 17.2 Å². The van der Waals surface area contributed by atoms with Crippen LogP contribution in [0.25, 0.3) is 0 Å². The molecule has 1 aromatic rings. The topological polar surface area (TPSA) is 47.3 Å². The molecule has 1 unspecified atom stereocenters. The van der Waals surface area contributed by atoms with E-state index in [1.807, 2.05) is 7.05 Å². The molecule has 1 atom stereocenters. The van der Waals surface area contributed by atoms with E-state index < -0.39 is 0 Å². The van der Waals surface area contributed by atoms with Crippen molar-refractivity contribution in [1.82, 2.24) is 9.55 Å². The van der Waals surface area contributed by atoms with Crippen LogP contribution < -0.4 is 0 Å². The highest BCUT2D eigenvalue weighted by molar-refractivity contribution is 5.21. The fourth-order valence-electron chi connectivity index (χ4n) is 2.26. The van der Waals surface area contributed by atoms with E-state index in [0.29, 0.717) is 12.5 Å². The van der Waals surface area contributed by atoms with Crippen molar-refractivity contribution in [3.63, 3.8) is 0 Å². The Morgan fingerprint density at radius 3 is 3.07 bits per heavy atom. The molecule has 0 saturated carbocycles. The normalized spacial score (nSPS) is 20.3. The second-order valence-electron chi connectivity index (χ2n) is 4.05. The molecule has 0 fully saturated rings. The Hall–Kier alpha value is -0.870. The lowest BCUT2D eigenvalue weighted by Gasteiger charge is -2.20. The number of rotatable bonds is 3. The lowest BCUT2D eigenvalue weighted by atomic mass is 9.98. The predicted molar refractivity (Wildman–Crippen MR) is 56.8 cm³/mol. The van der Waals surface area contributed by atoms with Gasteiger partial charge in [0.25, 0.3) is 0 Å². The van der Waals surface area contributed by atoms with Crippen LogP contribution in [0.3, 0.4) is 0 Å². The minimum atomic E-state index is 0.164. The summed E-state index contributed by atoms with van der Waals surface area (Å²) < 4.78 is 7.48. The van der Waals surface area contributed by atoms with E-state index in [1.54, 1.807) is 7.11 Å². The average Bonchev–Trinajstić information content (AvgIpc) is 2.56. The van der Waals surface area contributed by atoms with Gasteiger partial charge in [-0.05, 0) is 12.8 Å². The molecule has 15 heavy (non-hydrogen) atoms. The van der Waals surface area contributed by atoms with Gasteiger partial charge >= 0.3 is 0 Å². The molecule has 2 rings (SSSR count). The molecule has 1 aliphatic carbocycles. The van der Waals surface area contributed by atoms with E-state index >= 15 is 0 Å². The third kappa shape index (κ3) is 1.92. The number of ether oxygens (including phenoxy) is 1. The highest BCUT2D eigenvalue weighted by Gasteiger charge is 2.23. The number of methoxy groups -OCH3 is 1. The van der Waals surface area contributed by atoms with Crippen LogP contribution in [0.1, 0.15) is 23.6 Å². The van der Waals surface area contributed by atoms with Crippen molar-refractivity contribution >= 4 is 0 Å². The lowest BCUT2D eigenvalue weighted by molar-refractivity contribution is 0.0896. The van der Waals surface area contributed by atoms with Gasteiger partial charge in [-0.15, -0.1) is 0 Å². The molecular formula is C11H18N2O2. The highest BCUT2D eigenvalue weighted by Crippen LogP contribution is 2.23. The number of nitrogens with zero attached hydrogens (tertiary/aromatic N) is 2. The first kappa shape index (κ1) is 10.6. The summed E-state index contributed by atoms with van der Waals surface area (Å²) in [7, 11) is 3.79. The zero-order valence-electron chi connectivity index (χ0n) is 9.36. The smallest absolute Gasteiger partial charge is 0.111 e. The van der Waals surface area contributed by atoms with Gasteiger partial charge in [-0.3, -0.25) is 0 Å². The molecule has 0 bridgehead atoms. The van der Waals surface area contributed by atoms with Gasteiger partial charge in [0.15, 0.2) is 0 Å². The molecule has 0 radical (unpaired) electrons. The third-order valence-corrected chi connectivity index (χ3v) is 3.18. The van der Waals surface area contributed by atoms with E-state index in [9.17, 15) is 0 Å². The second-order valence-corrected chi connectivity index (χ2v) is 4.05. The Bertz CT molecular complexity index is 347. The molecular weight excluding hydrogens is 192 g/mol. The number of aliphatic hydroxyl groups is 1. The lowest BCUT2D eigenvalue weighted by Crippen LogP contribution is -2.22. The predicted octanol–water partition coefficient (Wildman–Crippen LogP) is 0.459. The van der Waals surface area contributed by atoms with Crippen LogP contribution >= 0.6 is 0 Å². The Labute approximate surface area is 89.9 Å². The zero-order chi connectivity index (χ0) is 10.8. The van der Waals surface area contributed by atoms with Gasteiger partial charge in [-0.25, -0.2) is 4.98 Å². The quantitative estimate of drug-likeness (QED) is 0.788. The molecule has 0 aliphatic heterocycles. The van der Waals surface area contributed by atoms with E-state index in [-0.39, 0.29) is 6.61 Å². The molecule has 0 aromatic carbocycles. The van der Waals surface area contributed by atoms with Crippen LogP contribution in [-0.2, 0) is 31.0 Å². The van der Waals surface area contributed by atoms with Crippen LogP contribution in [0, 0.1) is 0 Å². The van der Waals surface area contributed by atoms with Crippen molar-refractivity contribution in [3.8, 4) is 0 Å². The SMILES string of the molecule is COC1CCc2c(nc(CCO)n2C)C1. The molecule has 4 nitrogen and oxygen atoms in total. The zero-order valence-corrected chi connectivity index (χ0v) is 9.36. The number of hydrogen-bond acceptors (Lipinski definition) is 3. The molecule has 84 valence electrons. The van der Waals surface area contributed by atoms with Crippen LogP contribution in [0.5, 0.6) is 0 Å². The Morgan fingerprint density at radius 2 is 2.40 bits per heavy atom. The summed E-state index contributed by atoms with van der Waals surface area (Å²) in [6, 6.07) is 0. The standard InChI is InChI=1S/C11H18N2O2/c1-13-10-4-3-8(15-2)7-9(10)12-11(13)5-6-14/h8,14H,3-7H2,1-2H3. The summed E-state index contributed by atoms with van der Waals surface area (Å²) >= 11 is 0. The molecule has 1 N–H and O–H groups in total. The van der Waals surface area contributed by atoms with Gasteiger partial charge in [0.2, 0.25) is 0 Å². The van der Waals surface area contributed by atoms with Crippen molar-refractivity contribution in [2.75, 3.05) is 13.7 Å². The number of aromatic nitrogens is 2. The van der Waals surface area contributed by atoms with Gasteiger partial charge in [0, 0.05) is 32.7 Å². The van der Waals surface area contributed by atoms with Crippen LogP contribution in [0.4, 0.5) is 0 Å². The van der Waals surface area contributed by atoms with Crippen LogP contribution in [0.15, 0.2) is 0 Å². The summed E-state index contributed by atoms with van der Waals surface area (Å²) in [6.07, 6.45) is 3.96. The first-order valence-electron chi connectivity index (χ1n) is 5.43. The van der Waals surface area contributed by atoms with Crippen molar-refractivity contribution in [2.24, 2.45) is 7.05 Å². The number of fused-ring (bicyclic) bond motifs is 1. The number of imidazole rings is 1. The van der Waals surface area contributed by atoms with Crippen LogP contribution in [-0.4, -0.2) is 34.5 Å². The maximum absolute atomic E-state index is 8.93. The summed E-state index contributed by atoms with van der Waals surface area (Å²) in [4.78, 5) is 4.56. The minimum Gasteiger partial charge on any atom is -0.396 e. The van der Waals surface area contributed by atoms with Gasteiger partial charge in [-0.1, -0.05) is 0 Å². The Kier molecular flexibility index (Phi) is 3.07. The summed E-state index contributed by atoms with van der Waals surface area (Å²) in [5.74, 6) is 0.985. The largest absolute Gasteiger partial charge is 0.396 e. The van der Waals surface area contributed by atoms with Crippen molar-refractivity contribution in [1.29, 1.82) is 0 Å². The van der Waals surface area contributed by atoms with Crippen LogP contribution in [0.2, 0.25) is 0 Å². The Morgan fingerprint density at radius 1 is 1.60 bits per heavy atom. The average molecular weight is 210 g/mol. The molecule has 4 heteroatoms. The van der Waals surface area contributed by atoms with Crippen molar-refractivity contribution in [2.45, 2.75) is 31.8 Å². The highest BCUT2D eigenvalue weighted by atomic mass is 16.5. The fourth-order valence-corrected chi connectivity index (χ4v) is 2.26. The third-order valence-electron chi connectivity index (χ3n) is 3.18. The maximum Gasteiger partial charge on any atom is 0.111 e. The summed E-state index contributed by atoms with van der Waals surface area (Å²) in [5.41, 5.74) is 2.46. The van der Waals surface area contributed by atoms with Crippen molar-refractivity contribution < 1.29 is 9.84 Å². The molecule has 1 aromatic heterocycles. The minimum absolute atomic E-state index is 0.164. The monoisotopic (exact) mass is 210 g/mol. The maximum atomic E-state index is 8.93. The van der Waals surface area contributed by atoms with E-state index in [0.717, 1.165) is 30.8 Å². The first-order chi connectivity index (χ1) is 7.26. The molecule has 0 spiro atoms.